The number of ether oxygens (including phenoxy) is 1. The molecule has 0 bridgehead atoms. The van der Waals surface area contributed by atoms with Gasteiger partial charge in [-0.15, -0.1) is 0 Å². The molecular formula is C15H20N2O3. The lowest BCUT2D eigenvalue weighted by atomic mass is 10.1. The van der Waals surface area contributed by atoms with Gasteiger partial charge in [-0.3, -0.25) is 4.79 Å². The molecule has 2 rings (SSSR count). The molecule has 1 aromatic carbocycles. The minimum Gasteiger partial charge on any atom is -0.496 e. The van der Waals surface area contributed by atoms with Crippen molar-refractivity contribution in [3.8, 4) is 5.75 Å². The van der Waals surface area contributed by atoms with E-state index in [1.807, 2.05) is 24.4 Å². The van der Waals surface area contributed by atoms with E-state index in [2.05, 4.69) is 10.3 Å². The van der Waals surface area contributed by atoms with Crippen LogP contribution >= 0.6 is 0 Å². The van der Waals surface area contributed by atoms with Gasteiger partial charge in [0.1, 0.15) is 5.75 Å². The zero-order valence-corrected chi connectivity index (χ0v) is 11.8. The second-order valence-corrected chi connectivity index (χ2v) is 4.86. The predicted octanol–water partition coefficient (Wildman–Crippen LogP) is 1.61. The largest absolute Gasteiger partial charge is 0.496 e. The minimum absolute atomic E-state index is 0.0579. The number of carbonyl (C=O) groups excluding carboxylic acids is 1. The first kappa shape index (κ1) is 14.4. The predicted molar refractivity (Wildman–Crippen MR) is 77.9 cm³/mol. The Kier molecular flexibility index (Phi) is 4.63. The highest BCUT2D eigenvalue weighted by atomic mass is 16.5. The summed E-state index contributed by atoms with van der Waals surface area (Å²) in [6, 6.07) is 5.74. The Labute approximate surface area is 117 Å². The zero-order valence-electron chi connectivity index (χ0n) is 11.8. The number of carbonyl (C=O) groups is 1. The summed E-state index contributed by atoms with van der Waals surface area (Å²) in [6.07, 6.45) is 2.29. The number of hydrogen-bond donors (Lipinski definition) is 3. The summed E-state index contributed by atoms with van der Waals surface area (Å²) in [6.45, 7) is 2.19. The highest BCUT2D eigenvalue weighted by molar-refractivity contribution is 5.93. The van der Waals surface area contributed by atoms with Gasteiger partial charge in [0.15, 0.2) is 0 Å². The Hall–Kier alpha value is -2.01. The highest BCUT2D eigenvalue weighted by Crippen LogP contribution is 2.28. The van der Waals surface area contributed by atoms with E-state index in [0.29, 0.717) is 19.4 Å². The number of fused-ring (bicyclic) bond motifs is 1. The second-order valence-electron chi connectivity index (χ2n) is 4.86. The molecule has 0 spiro atoms. The molecule has 108 valence electrons. The number of benzene rings is 1. The van der Waals surface area contributed by atoms with Crippen LogP contribution in [0.1, 0.15) is 18.9 Å². The molecule has 0 fully saturated rings. The summed E-state index contributed by atoms with van der Waals surface area (Å²) in [5.74, 6) is 0.702. The molecule has 0 aliphatic carbocycles. The number of H-pyrrole nitrogens is 1. The Morgan fingerprint density at radius 2 is 2.30 bits per heavy atom. The molecule has 0 aliphatic heterocycles. The molecule has 1 heterocycles. The molecule has 0 radical (unpaired) electrons. The number of nitrogens with one attached hydrogen (secondary N) is 2. The number of rotatable bonds is 6. The van der Waals surface area contributed by atoms with E-state index in [1.165, 1.54) is 0 Å². The van der Waals surface area contributed by atoms with Crippen LogP contribution in [0.5, 0.6) is 5.75 Å². The molecule has 20 heavy (non-hydrogen) atoms. The third kappa shape index (κ3) is 3.30. The minimum atomic E-state index is -0.400. The Balaban J connectivity index is 2.08. The molecule has 2 aromatic rings. The molecule has 3 N–H and O–H groups in total. The zero-order chi connectivity index (χ0) is 14.5. The number of hydrogen-bond acceptors (Lipinski definition) is 3. The smallest absolute Gasteiger partial charge is 0.224 e. The van der Waals surface area contributed by atoms with E-state index < -0.39 is 6.10 Å². The maximum Gasteiger partial charge on any atom is 0.224 e. The summed E-state index contributed by atoms with van der Waals surface area (Å²) in [4.78, 5) is 15.0. The number of aliphatic hydroxyl groups excluding tert-OH is 1. The van der Waals surface area contributed by atoms with Gasteiger partial charge >= 0.3 is 0 Å². The van der Waals surface area contributed by atoms with Crippen LogP contribution in [0, 0.1) is 0 Å². The Morgan fingerprint density at radius 1 is 1.50 bits per heavy atom. The van der Waals surface area contributed by atoms with E-state index in [1.54, 1.807) is 14.0 Å². The molecule has 0 saturated carbocycles. The monoisotopic (exact) mass is 276 g/mol. The average Bonchev–Trinajstić information content (AvgIpc) is 2.81. The lowest BCUT2D eigenvalue weighted by molar-refractivity contribution is -0.120. The van der Waals surface area contributed by atoms with Crippen LogP contribution in [0.4, 0.5) is 0 Å². The summed E-state index contributed by atoms with van der Waals surface area (Å²) in [5, 5.41) is 12.9. The number of aromatic amines is 1. The number of methoxy groups -OCH3 is 1. The van der Waals surface area contributed by atoms with Gasteiger partial charge in [0, 0.05) is 23.6 Å². The first-order chi connectivity index (χ1) is 9.61. The Bertz CT molecular complexity index is 590. The van der Waals surface area contributed by atoms with Gasteiger partial charge in [-0.2, -0.15) is 0 Å². The van der Waals surface area contributed by atoms with Gasteiger partial charge < -0.3 is 20.1 Å². The quantitative estimate of drug-likeness (QED) is 0.750. The molecular weight excluding hydrogens is 256 g/mol. The molecule has 1 unspecified atom stereocenters. The molecule has 1 atom stereocenters. The lowest BCUT2D eigenvalue weighted by Crippen LogP contribution is -2.27. The molecule has 0 saturated heterocycles. The molecule has 0 aliphatic rings. The van der Waals surface area contributed by atoms with Crippen LogP contribution in [0.25, 0.3) is 10.9 Å². The van der Waals surface area contributed by atoms with E-state index in [0.717, 1.165) is 22.2 Å². The highest BCUT2D eigenvalue weighted by Gasteiger charge is 2.12. The average molecular weight is 276 g/mol. The fraction of sp³-hybridized carbons (Fsp3) is 0.400. The van der Waals surface area contributed by atoms with Crippen LogP contribution in [0.2, 0.25) is 0 Å². The number of aromatic nitrogens is 1. The topological polar surface area (TPSA) is 74.4 Å². The summed E-state index contributed by atoms with van der Waals surface area (Å²) in [5.41, 5.74) is 1.86. The first-order valence-electron chi connectivity index (χ1n) is 6.69. The number of amides is 1. The van der Waals surface area contributed by atoms with Crippen LogP contribution in [-0.4, -0.2) is 35.8 Å². The first-order valence-corrected chi connectivity index (χ1v) is 6.69. The van der Waals surface area contributed by atoms with Crippen molar-refractivity contribution in [3.63, 3.8) is 0 Å². The fourth-order valence-corrected chi connectivity index (χ4v) is 2.19. The van der Waals surface area contributed by atoms with Gasteiger partial charge in [0.2, 0.25) is 5.91 Å². The van der Waals surface area contributed by atoms with Crippen LogP contribution in [-0.2, 0) is 11.2 Å². The van der Waals surface area contributed by atoms with Gasteiger partial charge in [-0.25, -0.2) is 0 Å². The van der Waals surface area contributed by atoms with Crippen LogP contribution < -0.4 is 10.1 Å². The van der Waals surface area contributed by atoms with Crippen LogP contribution in [0.3, 0.4) is 0 Å². The van der Waals surface area contributed by atoms with Crippen molar-refractivity contribution in [2.24, 2.45) is 0 Å². The van der Waals surface area contributed by atoms with Gasteiger partial charge in [0.25, 0.3) is 0 Å². The van der Waals surface area contributed by atoms with Crippen LogP contribution in [0.15, 0.2) is 24.4 Å². The summed E-state index contributed by atoms with van der Waals surface area (Å²) >= 11 is 0. The second kappa shape index (κ2) is 6.43. The van der Waals surface area contributed by atoms with Crippen molar-refractivity contribution in [2.75, 3.05) is 13.7 Å². The molecule has 5 nitrogen and oxygen atoms in total. The maximum absolute atomic E-state index is 11.9. The van der Waals surface area contributed by atoms with E-state index in [4.69, 9.17) is 9.84 Å². The van der Waals surface area contributed by atoms with E-state index in [9.17, 15) is 4.79 Å². The van der Waals surface area contributed by atoms with Gasteiger partial charge in [0.05, 0.1) is 19.6 Å². The van der Waals surface area contributed by atoms with E-state index >= 15 is 0 Å². The molecule has 1 amide bonds. The molecule has 1 aromatic heterocycles. The van der Waals surface area contributed by atoms with Crippen molar-refractivity contribution >= 4 is 16.8 Å². The maximum atomic E-state index is 11.9. The third-order valence-corrected chi connectivity index (χ3v) is 3.20. The SMILES string of the molecule is COc1cccc2[nH]cc(CC(=O)NCCC(C)O)c12. The summed E-state index contributed by atoms with van der Waals surface area (Å²) < 4.78 is 5.34. The number of aliphatic hydroxyl groups is 1. The third-order valence-electron chi connectivity index (χ3n) is 3.20. The lowest BCUT2D eigenvalue weighted by Gasteiger charge is -2.07. The fourth-order valence-electron chi connectivity index (χ4n) is 2.19. The van der Waals surface area contributed by atoms with Crippen molar-refractivity contribution in [3.05, 3.63) is 30.0 Å². The van der Waals surface area contributed by atoms with Gasteiger partial charge in [-0.1, -0.05) is 6.07 Å². The van der Waals surface area contributed by atoms with E-state index in [-0.39, 0.29) is 5.91 Å². The van der Waals surface area contributed by atoms with Gasteiger partial charge in [-0.05, 0) is 31.0 Å². The Morgan fingerprint density at radius 3 is 3.00 bits per heavy atom. The summed E-state index contributed by atoms with van der Waals surface area (Å²) in [7, 11) is 1.62. The van der Waals surface area contributed by atoms with Crippen molar-refractivity contribution in [1.29, 1.82) is 0 Å². The van der Waals surface area contributed by atoms with Crippen molar-refractivity contribution < 1.29 is 14.6 Å². The normalized spacial score (nSPS) is 12.3. The van der Waals surface area contributed by atoms with Crippen molar-refractivity contribution in [2.45, 2.75) is 25.9 Å². The van der Waals surface area contributed by atoms with Crippen molar-refractivity contribution in [1.82, 2.24) is 10.3 Å². The standard InChI is InChI=1S/C15H20N2O3/c1-10(18)6-7-16-14(19)8-11-9-17-12-4-3-5-13(20-2)15(11)12/h3-5,9-10,17-18H,6-8H2,1-2H3,(H,16,19). The molecule has 5 heteroatoms.